The van der Waals surface area contributed by atoms with Crippen LogP contribution in [0.25, 0.3) is 0 Å². The number of hydrogen-bond acceptors (Lipinski definition) is 2. The molecule has 0 aliphatic heterocycles. The zero-order valence-electron chi connectivity index (χ0n) is 12.5. The number of rotatable bonds is 4. The van der Waals surface area contributed by atoms with Gasteiger partial charge in [-0.15, -0.1) is 0 Å². The molecule has 0 aliphatic rings. The Morgan fingerprint density at radius 3 is 2.60 bits per heavy atom. The van der Waals surface area contributed by atoms with Crippen LogP contribution >= 0.6 is 0 Å². The molecule has 0 atom stereocenters. The topological polar surface area (TPSA) is 46.9 Å². The molecule has 1 heterocycles. The van der Waals surface area contributed by atoms with Crippen molar-refractivity contribution < 1.29 is 4.79 Å². The molecular weight excluding hydrogens is 250 g/mol. The molecule has 1 aromatic heterocycles. The van der Waals surface area contributed by atoms with Gasteiger partial charge in [0.1, 0.15) is 5.69 Å². The molecule has 0 spiro atoms. The first kappa shape index (κ1) is 14.3. The van der Waals surface area contributed by atoms with Crippen molar-refractivity contribution in [3.8, 4) is 0 Å². The molecule has 0 unspecified atom stereocenters. The lowest BCUT2D eigenvalue weighted by Crippen LogP contribution is -2.24. The van der Waals surface area contributed by atoms with Crippen LogP contribution in [-0.2, 0) is 6.54 Å². The minimum atomic E-state index is -0.129. The maximum Gasteiger partial charge on any atom is 0.272 e. The molecule has 2 aromatic rings. The molecule has 106 valence electrons. The van der Waals surface area contributed by atoms with Gasteiger partial charge in [-0.05, 0) is 44.9 Å². The lowest BCUT2D eigenvalue weighted by Gasteiger charge is -2.08. The van der Waals surface area contributed by atoms with E-state index >= 15 is 0 Å². The third-order valence-corrected chi connectivity index (χ3v) is 3.34. The second kappa shape index (κ2) is 5.90. The summed E-state index contributed by atoms with van der Waals surface area (Å²) >= 11 is 0. The van der Waals surface area contributed by atoms with Crippen LogP contribution in [0.1, 0.15) is 47.2 Å². The quantitative estimate of drug-likeness (QED) is 0.929. The average molecular weight is 271 g/mol. The van der Waals surface area contributed by atoms with Gasteiger partial charge in [-0.1, -0.05) is 24.3 Å². The molecule has 20 heavy (non-hydrogen) atoms. The first-order valence-electron chi connectivity index (χ1n) is 6.88. The summed E-state index contributed by atoms with van der Waals surface area (Å²) in [5.74, 6) is -0.129. The zero-order valence-corrected chi connectivity index (χ0v) is 12.5. The van der Waals surface area contributed by atoms with Gasteiger partial charge in [-0.2, -0.15) is 5.10 Å². The highest BCUT2D eigenvalue weighted by Gasteiger charge is 2.13. The Hall–Kier alpha value is -2.10. The summed E-state index contributed by atoms with van der Waals surface area (Å²) < 4.78 is 1.86. The van der Waals surface area contributed by atoms with Gasteiger partial charge < -0.3 is 5.32 Å². The Morgan fingerprint density at radius 1 is 1.30 bits per heavy atom. The van der Waals surface area contributed by atoms with E-state index in [4.69, 9.17) is 0 Å². The van der Waals surface area contributed by atoms with Gasteiger partial charge in [-0.25, -0.2) is 0 Å². The Kier molecular flexibility index (Phi) is 4.23. The van der Waals surface area contributed by atoms with Crippen molar-refractivity contribution >= 4 is 5.91 Å². The van der Waals surface area contributed by atoms with Gasteiger partial charge in [0.2, 0.25) is 0 Å². The summed E-state index contributed by atoms with van der Waals surface area (Å²) in [6, 6.07) is 10.1. The summed E-state index contributed by atoms with van der Waals surface area (Å²) in [6.45, 7) is 8.63. The zero-order chi connectivity index (χ0) is 14.7. The molecule has 0 saturated heterocycles. The molecule has 0 fully saturated rings. The highest BCUT2D eigenvalue weighted by molar-refractivity contribution is 5.92. The molecule has 1 N–H and O–H groups in total. The van der Waals surface area contributed by atoms with Crippen molar-refractivity contribution in [2.75, 3.05) is 0 Å². The molecular formula is C16H21N3O. The molecule has 2 rings (SSSR count). The molecule has 0 saturated carbocycles. The predicted molar refractivity (Wildman–Crippen MR) is 79.7 cm³/mol. The summed E-state index contributed by atoms with van der Waals surface area (Å²) in [5.41, 5.74) is 3.78. The Labute approximate surface area is 119 Å². The van der Waals surface area contributed by atoms with Crippen molar-refractivity contribution in [3.05, 3.63) is 52.8 Å². The van der Waals surface area contributed by atoms with E-state index in [1.807, 2.05) is 48.9 Å². The van der Waals surface area contributed by atoms with Crippen LogP contribution in [0.15, 0.2) is 30.3 Å². The number of hydrogen-bond donors (Lipinski definition) is 1. The summed E-state index contributed by atoms with van der Waals surface area (Å²) in [4.78, 5) is 12.1. The Balaban J connectivity index is 2.06. The highest BCUT2D eigenvalue weighted by Crippen LogP contribution is 2.11. The van der Waals surface area contributed by atoms with Crippen molar-refractivity contribution in [1.29, 1.82) is 0 Å². The van der Waals surface area contributed by atoms with Crippen LogP contribution in [0.2, 0.25) is 0 Å². The van der Waals surface area contributed by atoms with Crippen LogP contribution < -0.4 is 5.32 Å². The number of nitrogens with zero attached hydrogens (tertiary/aromatic N) is 2. The summed E-state index contributed by atoms with van der Waals surface area (Å²) in [5, 5.41) is 7.27. The Morgan fingerprint density at radius 2 is 2.00 bits per heavy atom. The molecule has 4 heteroatoms. The van der Waals surface area contributed by atoms with E-state index < -0.39 is 0 Å². The monoisotopic (exact) mass is 271 g/mol. The lowest BCUT2D eigenvalue weighted by molar-refractivity contribution is 0.0945. The van der Waals surface area contributed by atoms with Gasteiger partial charge in [-0.3, -0.25) is 9.48 Å². The second-order valence-corrected chi connectivity index (χ2v) is 5.32. The third-order valence-electron chi connectivity index (χ3n) is 3.34. The van der Waals surface area contributed by atoms with E-state index in [2.05, 4.69) is 24.3 Å². The number of nitrogens with one attached hydrogen (secondary N) is 1. The molecule has 4 nitrogen and oxygen atoms in total. The number of benzene rings is 1. The van der Waals surface area contributed by atoms with Crippen LogP contribution in [-0.4, -0.2) is 15.7 Å². The minimum absolute atomic E-state index is 0.129. The largest absolute Gasteiger partial charge is 0.347 e. The van der Waals surface area contributed by atoms with E-state index in [0.717, 1.165) is 11.3 Å². The van der Waals surface area contributed by atoms with Crippen LogP contribution in [0.3, 0.4) is 0 Å². The van der Waals surface area contributed by atoms with E-state index in [-0.39, 0.29) is 11.9 Å². The maximum absolute atomic E-state index is 12.1. The van der Waals surface area contributed by atoms with E-state index in [1.165, 1.54) is 5.56 Å². The fraction of sp³-hybridized carbons (Fsp3) is 0.375. The average Bonchev–Trinajstić information content (AvgIpc) is 2.80. The summed E-state index contributed by atoms with van der Waals surface area (Å²) in [7, 11) is 0. The number of aromatic nitrogens is 2. The van der Waals surface area contributed by atoms with E-state index in [9.17, 15) is 4.79 Å². The molecule has 0 radical (unpaired) electrons. The first-order valence-corrected chi connectivity index (χ1v) is 6.88. The number of carbonyl (C=O) groups excluding carboxylic acids is 1. The van der Waals surface area contributed by atoms with Crippen molar-refractivity contribution in [2.45, 2.75) is 40.3 Å². The Bertz CT molecular complexity index is 614. The fourth-order valence-electron chi connectivity index (χ4n) is 2.20. The highest BCUT2D eigenvalue weighted by atomic mass is 16.1. The maximum atomic E-state index is 12.1. The lowest BCUT2D eigenvalue weighted by atomic mass is 10.1. The fourth-order valence-corrected chi connectivity index (χ4v) is 2.20. The molecule has 1 amide bonds. The minimum Gasteiger partial charge on any atom is -0.347 e. The van der Waals surface area contributed by atoms with Gasteiger partial charge in [0.15, 0.2) is 0 Å². The van der Waals surface area contributed by atoms with Crippen LogP contribution in [0.5, 0.6) is 0 Å². The molecule has 0 bridgehead atoms. The normalized spacial score (nSPS) is 10.8. The van der Waals surface area contributed by atoms with Gasteiger partial charge >= 0.3 is 0 Å². The van der Waals surface area contributed by atoms with Crippen molar-refractivity contribution in [3.63, 3.8) is 0 Å². The van der Waals surface area contributed by atoms with Crippen molar-refractivity contribution in [2.24, 2.45) is 0 Å². The molecule has 1 aromatic carbocycles. The van der Waals surface area contributed by atoms with E-state index in [1.54, 1.807) is 0 Å². The SMILES string of the molecule is Cc1ccccc1CNC(=O)c1cc(C)n(C(C)C)n1. The molecule has 0 aliphatic carbocycles. The van der Waals surface area contributed by atoms with Gasteiger partial charge in [0.25, 0.3) is 5.91 Å². The standard InChI is InChI=1S/C16H21N3O/c1-11(2)19-13(4)9-15(18-19)16(20)17-10-14-8-6-5-7-12(14)3/h5-9,11H,10H2,1-4H3,(H,17,20). The van der Waals surface area contributed by atoms with Gasteiger partial charge in [0, 0.05) is 18.3 Å². The van der Waals surface area contributed by atoms with E-state index in [0.29, 0.717) is 12.2 Å². The number of amides is 1. The summed E-state index contributed by atoms with van der Waals surface area (Å²) in [6.07, 6.45) is 0. The number of carbonyl (C=O) groups is 1. The van der Waals surface area contributed by atoms with Crippen LogP contribution in [0.4, 0.5) is 0 Å². The van der Waals surface area contributed by atoms with Crippen LogP contribution in [0, 0.1) is 13.8 Å². The van der Waals surface area contributed by atoms with Gasteiger partial charge in [0.05, 0.1) is 0 Å². The number of aryl methyl sites for hydroxylation is 2. The third kappa shape index (κ3) is 3.07. The smallest absolute Gasteiger partial charge is 0.272 e. The first-order chi connectivity index (χ1) is 9.49. The predicted octanol–water partition coefficient (Wildman–Crippen LogP) is 3.01. The van der Waals surface area contributed by atoms with Crippen molar-refractivity contribution in [1.82, 2.24) is 15.1 Å². The second-order valence-electron chi connectivity index (χ2n) is 5.32.